The van der Waals surface area contributed by atoms with Gasteiger partial charge in [-0.25, -0.2) is 4.98 Å². The van der Waals surface area contributed by atoms with E-state index in [-0.39, 0.29) is 12.5 Å². The van der Waals surface area contributed by atoms with E-state index in [4.69, 9.17) is 0 Å². The SMILES string of the molecule is CCc1ncc(C(=O)NCC(O)c2ccccc2C)[nH]1. The molecule has 0 spiro atoms. The number of aromatic nitrogens is 2. The molecule has 3 N–H and O–H groups in total. The molecule has 0 saturated heterocycles. The van der Waals surface area contributed by atoms with Crippen LogP contribution in [0.1, 0.15) is 40.5 Å². The van der Waals surface area contributed by atoms with Gasteiger partial charge in [0.25, 0.3) is 5.91 Å². The molecule has 0 fully saturated rings. The van der Waals surface area contributed by atoms with Crippen LogP contribution >= 0.6 is 0 Å². The maximum absolute atomic E-state index is 11.9. The number of hydrogen-bond donors (Lipinski definition) is 3. The highest BCUT2D eigenvalue weighted by molar-refractivity contribution is 5.92. The van der Waals surface area contributed by atoms with E-state index in [1.54, 1.807) is 0 Å². The fourth-order valence-electron chi connectivity index (χ4n) is 2.01. The van der Waals surface area contributed by atoms with Crippen LogP contribution in [-0.4, -0.2) is 27.5 Å². The van der Waals surface area contributed by atoms with Crippen molar-refractivity contribution in [1.82, 2.24) is 15.3 Å². The molecule has 1 aromatic heterocycles. The molecule has 0 aliphatic heterocycles. The van der Waals surface area contributed by atoms with Crippen LogP contribution in [0.4, 0.5) is 0 Å². The molecule has 106 valence electrons. The molecule has 0 aliphatic rings. The molecule has 1 aromatic carbocycles. The molecule has 1 heterocycles. The third kappa shape index (κ3) is 3.24. The fraction of sp³-hybridized carbons (Fsp3) is 0.333. The molecule has 1 atom stereocenters. The number of H-pyrrole nitrogens is 1. The summed E-state index contributed by atoms with van der Waals surface area (Å²) in [6, 6.07) is 7.58. The summed E-state index contributed by atoms with van der Waals surface area (Å²) in [5.41, 5.74) is 2.24. The molecule has 0 saturated carbocycles. The second-order valence-electron chi connectivity index (χ2n) is 4.68. The standard InChI is InChI=1S/C15H19N3O2/c1-3-14-16-8-12(18-14)15(20)17-9-13(19)11-7-5-4-6-10(11)2/h4-8,13,19H,3,9H2,1-2H3,(H,16,18)(H,17,20). The molecular formula is C15H19N3O2. The van der Waals surface area contributed by atoms with Crippen molar-refractivity contribution in [3.05, 3.63) is 53.1 Å². The summed E-state index contributed by atoms with van der Waals surface area (Å²) in [7, 11) is 0. The first-order chi connectivity index (χ1) is 9.61. The van der Waals surface area contributed by atoms with Gasteiger partial charge in [0, 0.05) is 13.0 Å². The lowest BCUT2D eigenvalue weighted by atomic mass is 10.0. The number of aromatic amines is 1. The number of hydrogen-bond acceptors (Lipinski definition) is 3. The van der Waals surface area contributed by atoms with Gasteiger partial charge in [-0.15, -0.1) is 0 Å². The molecule has 2 aromatic rings. The summed E-state index contributed by atoms with van der Waals surface area (Å²) >= 11 is 0. The topological polar surface area (TPSA) is 78.0 Å². The summed E-state index contributed by atoms with van der Waals surface area (Å²) in [6.45, 7) is 4.06. The Labute approximate surface area is 118 Å². The Bertz CT molecular complexity index is 592. The average Bonchev–Trinajstić information content (AvgIpc) is 2.94. The summed E-state index contributed by atoms with van der Waals surface area (Å²) in [5.74, 6) is 0.513. The van der Waals surface area contributed by atoms with Crippen molar-refractivity contribution in [3.8, 4) is 0 Å². The Balaban J connectivity index is 1.95. The molecule has 1 unspecified atom stereocenters. The number of aliphatic hydroxyl groups excluding tert-OH is 1. The molecule has 20 heavy (non-hydrogen) atoms. The highest BCUT2D eigenvalue weighted by Gasteiger charge is 2.13. The minimum atomic E-state index is -0.714. The van der Waals surface area contributed by atoms with Crippen molar-refractivity contribution in [3.63, 3.8) is 0 Å². The zero-order valence-corrected chi connectivity index (χ0v) is 11.7. The normalized spacial score (nSPS) is 12.2. The third-order valence-corrected chi connectivity index (χ3v) is 3.21. The van der Waals surface area contributed by atoms with Crippen molar-refractivity contribution >= 4 is 5.91 Å². The van der Waals surface area contributed by atoms with Gasteiger partial charge in [0.15, 0.2) is 0 Å². The first-order valence-electron chi connectivity index (χ1n) is 6.67. The maximum atomic E-state index is 11.9. The quantitative estimate of drug-likeness (QED) is 0.776. The van der Waals surface area contributed by atoms with Gasteiger partial charge in [-0.1, -0.05) is 31.2 Å². The summed E-state index contributed by atoms with van der Waals surface area (Å²) < 4.78 is 0. The van der Waals surface area contributed by atoms with Gasteiger partial charge < -0.3 is 15.4 Å². The molecule has 0 bridgehead atoms. The largest absolute Gasteiger partial charge is 0.387 e. The Morgan fingerprint density at radius 3 is 2.85 bits per heavy atom. The van der Waals surface area contributed by atoms with Gasteiger partial charge in [-0.2, -0.15) is 0 Å². The minimum Gasteiger partial charge on any atom is -0.387 e. The highest BCUT2D eigenvalue weighted by atomic mass is 16.3. The van der Waals surface area contributed by atoms with Crippen LogP contribution in [0.5, 0.6) is 0 Å². The number of imidazole rings is 1. The second-order valence-corrected chi connectivity index (χ2v) is 4.68. The Morgan fingerprint density at radius 1 is 1.45 bits per heavy atom. The van der Waals surface area contributed by atoms with E-state index >= 15 is 0 Å². The van der Waals surface area contributed by atoms with E-state index < -0.39 is 6.10 Å². The van der Waals surface area contributed by atoms with E-state index in [0.29, 0.717) is 5.69 Å². The van der Waals surface area contributed by atoms with E-state index in [1.165, 1.54) is 6.20 Å². The zero-order valence-electron chi connectivity index (χ0n) is 11.7. The summed E-state index contributed by atoms with van der Waals surface area (Å²) in [4.78, 5) is 18.9. The minimum absolute atomic E-state index is 0.171. The molecule has 2 rings (SSSR count). The number of nitrogens with one attached hydrogen (secondary N) is 2. The number of aryl methyl sites for hydroxylation is 2. The van der Waals surface area contributed by atoms with Crippen molar-refractivity contribution in [2.24, 2.45) is 0 Å². The summed E-state index contributed by atoms with van der Waals surface area (Å²) in [6.07, 6.45) is 1.54. The second kappa shape index (κ2) is 6.34. The van der Waals surface area contributed by atoms with Crippen LogP contribution in [0.15, 0.2) is 30.5 Å². The van der Waals surface area contributed by atoms with Gasteiger partial charge >= 0.3 is 0 Å². The van der Waals surface area contributed by atoms with Crippen molar-refractivity contribution in [2.75, 3.05) is 6.54 Å². The van der Waals surface area contributed by atoms with E-state index in [1.807, 2.05) is 38.1 Å². The smallest absolute Gasteiger partial charge is 0.269 e. The summed E-state index contributed by atoms with van der Waals surface area (Å²) in [5, 5.41) is 12.8. The first kappa shape index (κ1) is 14.3. The Kier molecular flexibility index (Phi) is 4.53. The lowest BCUT2D eigenvalue weighted by molar-refractivity contribution is 0.0911. The Hall–Kier alpha value is -2.14. The zero-order chi connectivity index (χ0) is 14.5. The molecule has 5 nitrogen and oxygen atoms in total. The van der Waals surface area contributed by atoms with E-state index in [0.717, 1.165) is 23.4 Å². The fourth-order valence-corrected chi connectivity index (χ4v) is 2.01. The van der Waals surface area contributed by atoms with Crippen molar-refractivity contribution < 1.29 is 9.90 Å². The van der Waals surface area contributed by atoms with E-state index in [9.17, 15) is 9.90 Å². The number of rotatable bonds is 5. The first-order valence-corrected chi connectivity index (χ1v) is 6.67. The van der Waals surface area contributed by atoms with Gasteiger partial charge in [0.2, 0.25) is 0 Å². The van der Waals surface area contributed by atoms with Crippen molar-refractivity contribution in [1.29, 1.82) is 0 Å². The average molecular weight is 273 g/mol. The predicted molar refractivity (Wildman–Crippen MR) is 76.4 cm³/mol. The molecule has 1 amide bonds. The predicted octanol–water partition coefficient (Wildman–Crippen LogP) is 1.74. The molecule has 0 radical (unpaired) electrons. The van der Waals surface area contributed by atoms with Crippen LogP contribution in [0.25, 0.3) is 0 Å². The van der Waals surface area contributed by atoms with Crippen LogP contribution in [0, 0.1) is 6.92 Å². The monoisotopic (exact) mass is 273 g/mol. The van der Waals surface area contributed by atoms with Crippen LogP contribution in [0.3, 0.4) is 0 Å². The number of benzene rings is 1. The van der Waals surface area contributed by atoms with E-state index in [2.05, 4.69) is 15.3 Å². The molecular weight excluding hydrogens is 254 g/mol. The lowest BCUT2D eigenvalue weighted by Gasteiger charge is -2.14. The number of amides is 1. The van der Waals surface area contributed by atoms with Gasteiger partial charge in [0.1, 0.15) is 11.5 Å². The van der Waals surface area contributed by atoms with Crippen LogP contribution in [-0.2, 0) is 6.42 Å². The van der Waals surface area contributed by atoms with Gasteiger partial charge in [-0.05, 0) is 18.1 Å². The molecule has 5 heteroatoms. The van der Waals surface area contributed by atoms with Gasteiger partial charge in [-0.3, -0.25) is 4.79 Å². The molecule has 0 aliphatic carbocycles. The number of carbonyl (C=O) groups is 1. The third-order valence-electron chi connectivity index (χ3n) is 3.21. The number of aliphatic hydroxyl groups is 1. The van der Waals surface area contributed by atoms with Gasteiger partial charge in [0.05, 0.1) is 12.3 Å². The Morgan fingerprint density at radius 2 is 2.20 bits per heavy atom. The lowest BCUT2D eigenvalue weighted by Crippen LogP contribution is -2.28. The number of carbonyl (C=O) groups excluding carboxylic acids is 1. The maximum Gasteiger partial charge on any atom is 0.269 e. The van der Waals surface area contributed by atoms with Crippen LogP contribution < -0.4 is 5.32 Å². The number of nitrogens with zero attached hydrogens (tertiary/aromatic N) is 1. The highest BCUT2D eigenvalue weighted by Crippen LogP contribution is 2.16. The van der Waals surface area contributed by atoms with Crippen molar-refractivity contribution in [2.45, 2.75) is 26.4 Å². The van der Waals surface area contributed by atoms with Crippen LogP contribution in [0.2, 0.25) is 0 Å².